The summed E-state index contributed by atoms with van der Waals surface area (Å²) in [5, 5.41) is 12.7. The Labute approximate surface area is 164 Å². The van der Waals surface area contributed by atoms with E-state index in [0.29, 0.717) is 27.6 Å². The Bertz CT molecular complexity index is 1110. The largest absolute Gasteiger partial charge is 0.452 e. The van der Waals surface area contributed by atoms with Crippen molar-refractivity contribution in [3.63, 3.8) is 0 Å². The first-order valence-corrected chi connectivity index (χ1v) is 9.71. The number of aromatic nitrogens is 1. The second-order valence-electron chi connectivity index (χ2n) is 6.83. The lowest BCUT2D eigenvalue weighted by Gasteiger charge is -2.17. The van der Waals surface area contributed by atoms with Crippen LogP contribution in [0, 0.1) is 17.2 Å². The van der Waals surface area contributed by atoms with Crippen molar-refractivity contribution in [2.75, 3.05) is 11.9 Å². The molecule has 8 heteroatoms. The fourth-order valence-electron chi connectivity index (χ4n) is 3.32. The van der Waals surface area contributed by atoms with E-state index >= 15 is 0 Å². The Kier molecular flexibility index (Phi) is 4.84. The second-order valence-corrected chi connectivity index (χ2v) is 7.93. The second kappa shape index (κ2) is 7.44. The third-order valence-corrected chi connectivity index (χ3v) is 5.95. The molecule has 1 atom stereocenters. The topological polar surface area (TPSA) is 105 Å². The Hall–Kier alpha value is -3.18. The highest BCUT2D eigenvalue weighted by molar-refractivity contribution is 7.16. The van der Waals surface area contributed by atoms with Crippen molar-refractivity contribution >= 4 is 39.3 Å². The molecule has 0 saturated carbocycles. The lowest BCUT2D eigenvalue weighted by atomic mass is 9.89. The third kappa shape index (κ3) is 3.49. The molecule has 0 radical (unpaired) electrons. The van der Waals surface area contributed by atoms with Gasteiger partial charge >= 0.3 is 5.97 Å². The van der Waals surface area contributed by atoms with Gasteiger partial charge < -0.3 is 14.5 Å². The summed E-state index contributed by atoms with van der Waals surface area (Å²) >= 11 is 1.44. The molecule has 2 aromatic heterocycles. The zero-order chi connectivity index (χ0) is 19.7. The molecule has 1 aromatic carbocycles. The van der Waals surface area contributed by atoms with Crippen molar-refractivity contribution in [2.24, 2.45) is 5.92 Å². The minimum atomic E-state index is -0.625. The van der Waals surface area contributed by atoms with Crippen LogP contribution in [0.5, 0.6) is 0 Å². The highest BCUT2D eigenvalue weighted by atomic mass is 32.1. The standard InChI is InChI=1S/C20H17N3O4S/c1-11-2-4-13-14(8-21)19(28-17(13)6-11)23-18(24)9-26-20(25)12-3-5-16-15(7-12)22-10-27-16/h3,5,7,10-11H,2,4,6,9H2,1H3,(H,23,24). The van der Waals surface area contributed by atoms with Crippen LogP contribution < -0.4 is 5.32 Å². The Balaban J connectivity index is 1.41. The van der Waals surface area contributed by atoms with Crippen molar-refractivity contribution in [1.29, 1.82) is 5.26 Å². The summed E-state index contributed by atoms with van der Waals surface area (Å²) in [5.74, 6) is -0.525. The van der Waals surface area contributed by atoms with Gasteiger partial charge in [0.1, 0.15) is 16.6 Å². The average Bonchev–Trinajstić information content (AvgIpc) is 3.28. The monoisotopic (exact) mass is 395 g/mol. The van der Waals surface area contributed by atoms with Crippen LogP contribution in [0.2, 0.25) is 0 Å². The molecule has 0 saturated heterocycles. The van der Waals surface area contributed by atoms with Crippen molar-refractivity contribution in [3.8, 4) is 6.07 Å². The summed E-state index contributed by atoms with van der Waals surface area (Å²) in [4.78, 5) is 29.6. The number of hydrogen-bond acceptors (Lipinski definition) is 7. The van der Waals surface area contributed by atoms with Gasteiger partial charge in [-0.25, -0.2) is 9.78 Å². The van der Waals surface area contributed by atoms with Crippen molar-refractivity contribution in [2.45, 2.75) is 26.2 Å². The first kappa shape index (κ1) is 18.2. The molecule has 1 aliphatic carbocycles. The maximum atomic E-state index is 12.2. The first-order chi connectivity index (χ1) is 13.5. The van der Waals surface area contributed by atoms with Crippen LogP contribution in [0.4, 0.5) is 5.00 Å². The number of thiophene rings is 1. The molecule has 0 fully saturated rings. The molecular formula is C20H17N3O4S. The van der Waals surface area contributed by atoms with Gasteiger partial charge in [-0.3, -0.25) is 4.79 Å². The highest BCUT2D eigenvalue weighted by Gasteiger charge is 2.25. The molecule has 0 spiro atoms. The number of fused-ring (bicyclic) bond motifs is 2. The van der Waals surface area contributed by atoms with Crippen molar-refractivity contribution < 1.29 is 18.7 Å². The summed E-state index contributed by atoms with van der Waals surface area (Å²) in [6.45, 7) is 1.75. The number of hydrogen-bond donors (Lipinski definition) is 1. The molecule has 1 amide bonds. The number of rotatable bonds is 4. The molecular weight excluding hydrogens is 378 g/mol. The van der Waals surface area contributed by atoms with Crippen LogP contribution in [-0.4, -0.2) is 23.5 Å². The fraction of sp³-hybridized carbons (Fsp3) is 0.300. The molecule has 4 rings (SSSR count). The average molecular weight is 395 g/mol. The molecule has 7 nitrogen and oxygen atoms in total. The fourth-order valence-corrected chi connectivity index (χ4v) is 4.70. The summed E-state index contributed by atoms with van der Waals surface area (Å²) in [6.07, 6.45) is 4.11. The van der Waals surface area contributed by atoms with Gasteiger partial charge in [0.25, 0.3) is 5.91 Å². The predicted octanol–water partition coefficient (Wildman–Crippen LogP) is 3.68. The SMILES string of the molecule is CC1CCc2c(sc(NC(=O)COC(=O)c3ccc4ocnc4c3)c2C#N)C1. The summed E-state index contributed by atoms with van der Waals surface area (Å²) < 4.78 is 10.2. The molecule has 28 heavy (non-hydrogen) atoms. The Morgan fingerprint density at radius 1 is 1.46 bits per heavy atom. The van der Waals surface area contributed by atoms with Crippen molar-refractivity contribution in [1.82, 2.24) is 4.98 Å². The third-order valence-electron chi connectivity index (χ3n) is 4.78. The molecule has 142 valence electrons. The smallest absolute Gasteiger partial charge is 0.338 e. The van der Waals surface area contributed by atoms with E-state index in [1.165, 1.54) is 17.7 Å². The lowest BCUT2D eigenvalue weighted by molar-refractivity contribution is -0.119. The van der Waals surface area contributed by atoms with Gasteiger partial charge in [-0.15, -0.1) is 11.3 Å². The van der Waals surface area contributed by atoms with E-state index in [1.807, 2.05) is 0 Å². The van der Waals surface area contributed by atoms with E-state index in [0.717, 1.165) is 29.7 Å². The maximum Gasteiger partial charge on any atom is 0.338 e. The quantitative estimate of drug-likeness (QED) is 0.676. The summed E-state index contributed by atoms with van der Waals surface area (Å²) in [5.41, 5.74) is 2.96. The van der Waals surface area contributed by atoms with Crippen LogP contribution in [0.25, 0.3) is 11.1 Å². The minimum Gasteiger partial charge on any atom is -0.452 e. The number of benzene rings is 1. The van der Waals surface area contributed by atoms with E-state index in [4.69, 9.17) is 9.15 Å². The first-order valence-electron chi connectivity index (χ1n) is 8.90. The van der Waals surface area contributed by atoms with Crippen LogP contribution in [0.15, 0.2) is 29.0 Å². The lowest BCUT2D eigenvalue weighted by Crippen LogP contribution is -2.20. The van der Waals surface area contributed by atoms with E-state index in [1.54, 1.807) is 18.2 Å². The highest BCUT2D eigenvalue weighted by Crippen LogP contribution is 2.39. The summed E-state index contributed by atoms with van der Waals surface area (Å²) in [6, 6.07) is 6.92. The molecule has 3 aromatic rings. The minimum absolute atomic E-state index is 0.285. The zero-order valence-electron chi connectivity index (χ0n) is 15.2. The number of ether oxygens (including phenoxy) is 1. The van der Waals surface area contributed by atoms with Gasteiger partial charge in [-0.2, -0.15) is 5.26 Å². The Morgan fingerprint density at radius 3 is 3.14 bits per heavy atom. The van der Waals surface area contributed by atoms with Gasteiger partial charge in [-0.1, -0.05) is 6.92 Å². The van der Waals surface area contributed by atoms with Crippen LogP contribution in [0.3, 0.4) is 0 Å². The van der Waals surface area contributed by atoms with E-state index in [9.17, 15) is 14.9 Å². The van der Waals surface area contributed by atoms with Crippen LogP contribution in [-0.2, 0) is 22.4 Å². The van der Waals surface area contributed by atoms with Gasteiger partial charge in [0.05, 0.1) is 11.1 Å². The number of nitrogens with one attached hydrogen (secondary N) is 1. The number of esters is 1. The maximum absolute atomic E-state index is 12.2. The predicted molar refractivity (Wildman–Crippen MR) is 103 cm³/mol. The van der Waals surface area contributed by atoms with Gasteiger partial charge in [0, 0.05) is 4.88 Å². The normalized spacial score (nSPS) is 15.6. The number of nitrogens with zero attached hydrogens (tertiary/aromatic N) is 2. The van der Waals surface area contributed by atoms with E-state index < -0.39 is 18.5 Å². The molecule has 1 aliphatic rings. The number of amides is 1. The van der Waals surface area contributed by atoms with Crippen molar-refractivity contribution in [3.05, 3.63) is 46.2 Å². The van der Waals surface area contributed by atoms with Crippen LogP contribution >= 0.6 is 11.3 Å². The molecule has 1 N–H and O–H groups in total. The van der Waals surface area contributed by atoms with E-state index in [2.05, 4.69) is 23.3 Å². The summed E-state index contributed by atoms with van der Waals surface area (Å²) in [7, 11) is 0. The number of anilines is 1. The molecule has 0 bridgehead atoms. The molecule has 0 aliphatic heterocycles. The zero-order valence-corrected chi connectivity index (χ0v) is 16.0. The number of carbonyl (C=O) groups is 2. The Morgan fingerprint density at radius 2 is 2.32 bits per heavy atom. The van der Waals surface area contributed by atoms with Gasteiger partial charge in [0.2, 0.25) is 0 Å². The number of carbonyl (C=O) groups excluding carboxylic acids is 2. The number of nitriles is 1. The molecule has 1 unspecified atom stereocenters. The van der Waals surface area contributed by atoms with Gasteiger partial charge in [0.15, 0.2) is 18.6 Å². The van der Waals surface area contributed by atoms with Gasteiger partial charge in [-0.05, 0) is 48.9 Å². The van der Waals surface area contributed by atoms with Crippen LogP contribution in [0.1, 0.15) is 39.7 Å². The number of oxazole rings is 1. The molecule has 2 heterocycles. The van der Waals surface area contributed by atoms with E-state index in [-0.39, 0.29) is 5.56 Å².